The molecule has 0 aliphatic carbocycles. The van der Waals surface area contributed by atoms with Crippen LogP contribution in [0.5, 0.6) is 0 Å². The van der Waals surface area contributed by atoms with E-state index in [0.717, 1.165) is 6.42 Å². The van der Waals surface area contributed by atoms with Crippen molar-refractivity contribution in [1.82, 2.24) is 0 Å². The summed E-state index contributed by atoms with van der Waals surface area (Å²) >= 11 is 0. The van der Waals surface area contributed by atoms with Crippen molar-refractivity contribution in [3.8, 4) is 0 Å². The zero-order chi connectivity index (χ0) is 7.11. The summed E-state index contributed by atoms with van der Waals surface area (Å²) in [5, 5.41) is 0. The van der Waals surface area contributed by atoms with E-state index in [2.05, 4.69) is 38.2 Å². The molecule has 0 aromatic rings. The van der Waals surface area contributed by atoms with E-state index < -0.39 is 0 Å². The third kappa shape index (κ3) is 7.48. The summed E-state index contributed by atoms with van der Waals surface area (Å²) in [5.41, 5.74) is 0. The Bertz CT molecular complexity index is 96.6. The minimum Gasteiger partial charge on any atom is -0.0914 e. The fraction of sp³-hybridized carbons (Fsp3) is 0.556. The van der Waals surface area contributed by atoms with Crippen LogP contribution in [-0.2, 0) is 0 Å². The summed E-state index contributed by atoms with van der Waals surface area (Å²) in [7, 11) is 0. The van der Waals surface area contributed by atoms with Crippen molar-refractivity contribution in [2.24, 2.45) is 5.92 Å². The molecule has 0 heteroatoms. The van der Waals surface area contributed by atoms with Gasteiger partial charge in [0.05, 0.1) is 0 Å². The third-order valence-corrected chi connectivity index (χ3v) is 1.03. The molecule has 0 N–H and O–H groups in total. The Hall–Kier alpha value is -0.520. The molecule has 0 spiro atoms. The first-order chi connectivity index (χ1) is 4.27. The molecule has 0 aliphatic heterocycles. The third-order valence-electron chi connectivity index (χ3n) is 1.03. The van der Waals surface area contributed by atoms with E-state index >= 15 is 0 Å². The molecular formula is C9H16. The van der Waals surface area contributed by atoms with Gasteiger partial charge >= 0.3 is 0 Å². The molecule has 0 saturated heterocycles. The summed E-state index contributed by atoms with van der Waals surface area (Å²) in [6.45, 7) is 6.42. The minimum atomic E-state index is 0.690. The smallest absolute Gasteiger partial charge is 0.0169 e. The van der Waals surface area contributed by atoms with Crippen LogP contribution in [-0.4, -0.2) is 0 Å². The average Bonchev–Trinajstić information content (AvgIpc) is 1.80. The van der Waals surface area contributed by atoms with Crippen LogP contribution < -0.4 is 0 Å². The molecule has 0 bridgehead atoms. The Kier molecular flexibility index (Phi) is 5.29. The second kappa shape index (κ2) is 5.61. The number of rotatable bonds is 3. The molecule has 0 nitrogen and oxygen atoms in total. The normalized spacial score (nSPS) is 12.4. The number of allylic oxidation sites excluding steroid dienone is 4. The SMILES string of the molecule is C/C=C\CC=CC(C)C. The molecule has 0 radical (unpaired) electrons. The lowest BCUT2D eigenvalue weighted by Crippen LogP contribution is -1.75. The van der Waals surface area contributed by atoms with Crippen LogP contribution in [0.2, 0.25) is 0 Å². The zero-order valence-corrected chi connectivity index (χ0v) is 6.59. The molecule has 0 rings (SSSR count). The van der Waals surface area contributed by atoms with Crippen LogP contribution in [0.15, 0.2) is 24.3 Å². The van der Waals surface area contributed by atoms with Crippen molar-refractivity contribution >= 4 is 0 Å². The van der Waals surface area contributed by atoms with Gasteiger partial charge in [0.25, 0.3) is 0 Å². The molecule has 0 aromatic carbocycles. The maximum absolute atomic E-state index is 2.22. The van der Waals surface area contributed by atoms with Crippen LogP contribution in [0.4, 0.5) is 0 Å². The summed E-state index contributed by atoms with van der Waals surface area (Å²) in [4.78, 5) is 0. The second-order valence-corrected chi connectivity index (χ2v) is 2.48. The molecule has 0 aliphatic rings. The number of hydrogen-bond donors (Lipinski definition) is 0. The van der Waals surface area contributed by atoms with Gasteiger partial charge in [0, 0.05) is 0 Å². The molecule has 0 saturated carbocycles. The summed E-state index contributed by atoms with van der Waals surface area (Å²) in [6, 6.07) is 0. The first kappa shape index (κ1) is 8.48. The summed E-state index contributed by atoms with van der Waals surface area (Å²) < 4.78 is 0. The Morgan fingerprint density at radius 3 is 2.33 bits per heavy atom. The van der Waals surface area contributed by atoms with Crippen LogP contribution in [0.3, 0.4) is 0 Å². The maximum atomic E-state index is 2.22. The standard InChI is InChI=1S/C9H16/c1-4-5-6-7-8-9(2)3/h4-5,7-9H,6H2,1-3H3/b5-4-,8-7?. The van der Waals surface area contributed by atoms with Gasteiger partial charge in [-0.1, -0.05) is 38.2 Å². The first-order valence-corrected chi connectivity index (χ1v) is 3.55. The predicted octanol–water partition coefficient (Wildman–Crippen LogP) is 3.16. The maximum Gasteiger partial charge on any atom is -0.0169 e. The van der Waals surface area contributed by atoms with E-state index in [1.54, 1.807) is 0 Å². The minimum absolute atomic E-state index is 0.690. The highest BCUT2D eigenvalue weighted by Crippen LogP contribution is 1.95. The van der Waals surface area contributed by atoms with Crippen LogP contribution >= 0.6 is 0 Å². The fourth-order valence-electron chi connectivity index (χ4n) is 0.565. The monoisotopic (exact) mass is 124 g/mol. The van der Waals surface area contributed by atoms with Gasteiger partial charge in [-0.05, 0) is 19.3 Å². The first-order valence-electron chi connectivity index (χ1n) is 3.55. The quantitative estimate of drug-likeness (QED) is 0.507. The van der Waals surface area contributed by atoms with Crippen molar-refractivity contribution in [2.45, 2.75) is 27.2 Å². The van der Waals surface area contributed by atoms with Gasteiger partial charge < -0.3 is 0 Å². The topological polar surface area (TPSA) is 0 Å². The van der Waals surface area contributed by atoms with E-state index in [-0.39, 0.29) is 0 Å². The van der Waals surface area contributed by atoms with Crippen molar-refractivity contribution in [3.05, 3.63) is 24.3 Å². The van der Waals surface area contributed by atoms with Gasteiger partial charge in [0.2, 0.25) is 0 Å². The molecule has 9 heavy (non-hydrogen) atoms. The molecule has 0 heterocycles. The average molecular weight is 124 g/mol. The zero-order valence-electron chi connectivity index (χ0n) is 6.59. The Morgan fingerprint density at radius 2 is 1.89 bits per heavy atom. The van der Waals surface area contributed by atoms with Crippen molar-refractivity contribution in [2.75, 3.05) is 0 Å². The lowest BCUT2D eigenvalue weighted by Gasteiger charge is -1.89. The lowest BCUT2D eigenvalue weighted by atomic mass is 10.2. The Labute approximate surface area is 58.3 Å². The highest BCUT2D eigenvalue weighted by Gasteiger charge is 1.79. The Balaban J connectivity index is 3.25. The van der Waals surface area contributed by atoms with Crippen molar-refractivity contribution in [1.29, 1.82) is 0 Å². The van der Waals surface area contributed by atoms with Gasteiger partial charge in [-0.2, -0.15) is 0 Å². The van der Waals surface area contributed by atoms with Gasteiger partial charge in [0.15, 0.2) is 0 Å². The molecule has 0 unspecified atom stereocenters. The second-order valence-electron chi connectivity index (χ2n) is 2.48. The van der Waals surface area contributed by atoms with Crippen LogP contribution in [0.1, 0.15) is 27.2 Å². The van der Waals surface area contributed by atoms with E-state index in [1.165, 1.54) is 0 Å². The molecule has 0 fully saturated rings. The van der Waals surface area contributed by atoms with E-state index in [0.29, 0.717) is 5.92 Å². The van der Waals surface area contributed by atoms with E-state index in [1.807, 2.05) is 6.92 Å². The van der Waals surface area contributed by atoms with E-state index in [4.69, 9.17) is 0 Å². The van der Waals surface area contributed by atoms with Gasteiger partial charge in [-0.3, -0.25) is 0 Å². The number of hydrogen-bond acceptors (Lipinski definition) is 0. The summed E-state index contributed by atoms with van der Waals surface area (Å²) in [6.07, 6.45) is 9.73. The van der Waals surface area contributed by atoms with Crippen LogP contribution in [0.25, 0.3) is 0 Å². The van der Waals surface area contributed by atoms with Gasteiger partial charge in [0.1, 0.15) is 0 Å². The highest BCUT2D eigenvalue weighted by atomic mass is 13.9. The van der Waals surface area contributed by atoms with Gasteiger partial charge in [-0.15, -0.1) is 0 Å². The molecule has 0 aromatic heterocycles. The predicted molar refractivity (Wildman–Crippen MR) is 43.4 cm³/mol. The molecule has 0 atom stereocenters. The molecular weight excluding hydrogens is 108 g/mol. The van der Waals surface area contributed by atoms with Crippen molar-refractivity contribution < 1.29 is 0 Å². The molecule has 0 amide bonds. The fourth-order valence-corrected chi connectivity index (χ4v) is 0.565. The van der Waals surface area contributed by atoms with Crippen LogP contribution in [0, 0.1) is 5.92 Å². The summed E-state index contributed by atoms with van der Waals surface area (Å²) in [5.74, 6) is 0.690. The Morgan fingerprint density at radius 1 is 1.22 bits per heavy atom. The van der Waals surface area contributed by atoms with Crippen molar-refractivity contribution in [3.63, 3.8) is 0 Å². The molecule has 52 valence electrons. The largest absolute Gasteiger partial charge is 0.0914 e. The van der Waals surface area contributed by atoms with E-state index in [9.17, 15) is 0 Å². The lowest BCUT2D eigenvalue weighted by molar-refractivity contribution is 0.828. The van der Waals surface area contributed by atoms with Gasteiger partial charge in [-0.25, -0.2) is 0 Å². The highest BCUT2D eigenvalue weighted by molar-refractivity contribution is 4.92.